The average molecular weight is 468 g/mol. The van der Waals surface area contributed by atoms with Gasteiger partial charge in [-0.2, -0.15) is 0 Å². The highest BCUT2D eigenvalue weighted by Crippen LogP contribution is 2.29. The third kappa shape index (κ3) is 8.15. The molecule has 1 heterocycles. The third-order valence-electron chi connectivity index (χ3n) is 7.79. The van der Waals surface area contributed by atoms with Gasteiger partial charge in [0.1, 0.15) is 0 Å². The number of anilines is 1. The molecule has 2 N–H and O–H groups in total. The number of likely N-dealkylation sites (tertiary alicyclic amines) is 1. The Morgan fingerprint density at radius 1 is 1.06 bits per heavy atom. The number of allylic oxidation sites excluding steroid dienone is 1. The number of hydrogen-bond acceptors (Lipinski definition) is 3. The van der Waals surface area contributed by atoms with Gasteiger partial charge in [0.15, 0.2) is 0 Å². The number of nitrogens with zero attached hydrogens (tertiary/aromatic N) is 2. The number of carbonyl (C=O) groups is 1. The van der Waals surface area contributed by atoms with Crippen molar-refractivity contribution < 1.29 is 4.79 Å². The summed E-state index contributed by atoms with van der Waals surface area (Å²) in [6.45, 7) is 11.1. The standard InChI is InChI=1S/C30H49N3O/c1-23(2)16-21-33(28-17-19-32(20-18-28)30(34)29(31)22-24(3)4)27-14-12-26(13-15-27)11-10-25-8-6-5-7-9-25/h12-16,24-25,28-29H,5-11,17-22,31H2,1-4H3. The fourth-order valence-corrected chi connectivity index (χ4v) is 5.69. The molecule has 0 radical (unpaired) electrons. The second kappa shape index (κ2) is 13.3. The van der Waals surface area contributed by atoms with Gasteiger partial charge in [-0.3, -0.25) is 4.79 Å². The first kappa shape index (κ1) is 26.8. The largest absolute Gasteiger partial charge is 0.365 e. The van der Waals surface area contributed by atoms with Crippen molar-refractivity contribution in [3.63, 3.8) is 0 Å². The van der Waals surface area contributed by atoms with Crippen LogP contribution in [0.25, 0.3) is 0 Å². The van der Waals surface area contributed by atoms with Gasteiger partial charge in [0.05, 0.1) is 6.04 Å². The molecule has 1 atom stereocenters. The highest BCUT2D eigenvalue weighted by molar-refractivity contribution is 5.81. The van der Waals surface area contributed by atoms with Crippen LogP contribution in [-0.2, 0) is 11.2 Å². The van der Waals surface area contributed by atoms with Gasteiger partial charge >= 0.3 is 0 Å². The number of benzene rings is 1. The molecule has 3 rings (SSSR count). The maximum Gasteiger partial charge on any atom is 0.239 e. The number of rotatable bonds is 10. The van der Waals surface area contributed by atoms with Crippen LogP contribution in [0.4, 0.5) is 5.69 Å². The predicted octanol–water partition coefficient (Wildman–Crippen LogP) is 6.34. The first-order chi connectivity index (χ1) is 16.3. The van der Waals surface area contributed by atoms with Crippen molar-refractivity contribution in [2.45, 2.75) is 104 Å². The Morgan fingerprint density at radius 2 is 1.71 bits per heavy atom. The van der Waals surface area contributed by atoms with Crippen LogP contribution in [0.3, 0.4) is 0 Å². The molecule has 0 bridgehead atoms. The maximum atomic E-state index is 12.8. The van der Waals surface area contributed by atoms with Crippen molar-refractivity contribution in [3.8, 4) is 0 Å². The van der Waals surface area contributed by atoms with Gasteiger partial charge in [-0.05, 0) is 75.5 Å². The molecule has 1 aliphatic carbocycles. The summed E-state index contributed by atoms with van der Waals surface area (Å²) in [5.41, 5.74) is 10.3. The van der Waals surface area contributed by atoms with Crippen molar-refractivity contribution in [1.82, 2.24) is 4.90 Å². The molecule has 34 heavy (non-hydrogen) atoms. The lowest BCUT2D eigenvalue weighted by molar-refractivity contribution is -0.134. The SMILES string of the molecule is CC(C)=CCN(c1ccc(CCC2CCCCC2)cc1)C1CCN(C(=O)C(N)CC(C)C)CC1. The van der Waals surface area contributed by atoms with E-state index in [0.29, 0.717) is 12.0 Å². The van der Waals surface area contributed by atoms with E-state index in [1.165, 1.54) is 61.8 Å². The normalized spacial score (nSPS) is 18.7. The molecule has 1 aromatic rings. The zero-order valence-corrected chi connectivity index (χ0v) is 22.3. The molecule has 2 aliphatic rings. The highest BCUT2D eigenvalue weighted by atomic mass is 16.2. The molecule has 0 spiro atoms. The second-order valence-corrected chi connectivity index (χ2v) is 11.4. The van der Waals surface area contributed by atoms with Crippen LogP contribution in [0.1, 0.15) is 91.0 Å². The smallest absolute Gasteiger partial charge is 0.239 e. The Morgan fingerprint density at radius 3 is 2.29 bits per heavy atom. The Labute approximate surface area is 209 Å². The monoisotopic (exact) mass is 467 g/mol. The van der Waals surface area contributed by atoms with Crippen LogP contribution in [0, 0.1) is 11.8 Å². The summed E-state index contributed by atoms with van der Waals surface area (Å²) in [4.78, 5) is 17.3. The molecular formula is C30H49N3O. The third-order valence-corrected chi connectivity index (χ3v) is 7.79. The zero-order valence-electron chi connectivity index (χ0n) is 22.3. The van der Waals surface area contributed by atoms with E-state index in [9.17, 15) is 4.79 Å². The molecule has 1 saturated carbocycles. The average Bonchev–Trinajstić information content (AvgIpc) is 2.83. The van der Waals surface area contributed by atoms with Gasteiger partial charge in [0.25, 0.3) is 0 Å². The van der Waals surface area contributed by atoms with E-state index in [-0.39, 0.29) is 11.9 Å². The molecule has 1 aromatic carbocycles. The van der Waals surface area contributed by atoms with Crippen LogP contribution < -0.4 is 10.6 Å². The number of hydrogen-bond donors (Lipinski definition) is 1. The fourth-order valence-electron chi connectivity index (χ4n) is 5.69. The number of aryl methyl sites for hydroxylation is 1. The van der Waals surface area contributed by atoms with Gasteiger partial charge in [-0.25, -0.2) is 0 Å². The zero-order chi connectivity index (χ0) is 24.5. The van der Waals surface area contributed by atoms with E-state index in [2.05, 4.69) is 62.9 Å². The molecule has 1 saturated heterocycles. The van der Waals surface area contributed by atoms with Crippen LogP contribution in [0.5, 0.6) is 0 Å². The van der Waals surface area contributed by atoms with Crippen molar-refractivity contribution in [1.29, 1.82) is 0 Å². The molecular weight excluding hydrogens is 418 g/mol. The predicted molar refractivity (Wildman–Crippen MR) is 145 cm³/mol. The summed E-state index contributed by atoms with van der Waals surface area (Å²) in [5, 5.41) is 0. The van der Waals surface area contributed by atoms with Crippen LogP contribution >= 0.6 is 0 Å². The number of piperidine rings is 1. The molecule has 4 heteroatoms. The summed E-state index contributed by atoms with van der Waals surface area (Å²) in [6.07, 6.45) is 14.8. The fraction of sp³-hybridized carbons (Fsp3) is 0.700. The molecule has 0 aromatic heterocycles. The van der Waals surface area contributed by atoms with E-state index in [4.69, 9.17) is 5.73 Å². The summed E-state index contributed by atoms with van der Waals surface area (Å²) >= 11 is 0. The van der Waals surface area contributed by atoms with E-state index in [1.54, 1.807) is 0 Å². The Bertz CT molecular complexity index is 767. The number of nitrogens with two attached hydrogens (primary N) is 1. The lowest BCUT2D eigenvalue weighted by Gasteiger charge is -2.40. The van der Waals surface area contributed by atoms with E-state index in [0.717, 1.165) is 44.8 Å². The first-order valence-corrected chi connectivity index (χ1v) is 13.9. The molecule has 2 fully saturated rings. The molecule has 190 valence electrons. The Hall–Kier alpha value is -1.81. The van der Waals surface area contributed by atoms with E-state index >= 15 is 0 Å². The summed E-state index contributed by atoms with van der Waals surface area (Å²) in [6, 6.07) is 9.43. The van der Waals surface area contributed by atoms with Crippen molar-refractivity contribution in [3.05, 3.63) is 41.5 Å². The van der Waals surface area contributed by atoms with Crippen LogP contribution in [0.15, 0.2) is 35.9 Å². The van der Waals surface area contributed by atoms with Gasteiger partial charge in [0.2, 0.25) is 5.91 Å². The number of carbonyl (C=O) groups excluding carboxylic acids is 1. The lowest BCUT2D eigenvalue weighted by atomic mass is 9.85. The Balaban J connectivity index is 1.59. The van der Waals surface area contributed by atoms with Crippen LogP contribution in [-0.4, -0.2) is 42.5 Å². The summed E-state index contributed by atoms with van der Waals surface area (Å²) in [7, 11) is 0. The molecule has 1 amide bonds. The van der Waals surface area contributed by atoms with Gasteiger partial charge in [-0.1, -0.05) is 69.7 Å². The van der Waals surface area contributed by atoms with Gasteiger partial charge in [-0.15, -0.1) is 0 Å². The van der Waals surface area contributed by atoms with E-state index < -0.39 is 0 Å². The number of amides is 1. The second-order valence-electron chi connectivity index (χ2n) is 11.4. The molecule has 1 aliphatic heterocycles. The van der Waals surface area contributed by atoms with Gasteiger partial charge in [0, 0.05) is 31.4 Å². The van der Waals surface area contributed by atoms with Gasteiger partial charge < -0.3 is 15.5 Å². The first-order valence-electron chi connectivity index (χ1n) is 13.9. The van der Waals surface area contributed by atoms with Crippen molar-refractivity contribution >= 4 is 11.6 Å². The minimum atomic E-state index is -0.362. The van der Waals surface area contributed by atoms with Crippen molar-refractivity contribution in [2.75, 3.05) is 24.5 Å². The minimum Gasteiger partial charge on any atom is -0.365 e. The molecule has 1 unspecified atom stereocenters. The van der Waals surface area contributed by atoms with Crippen molar-refractivity contribution in [2.24, 2.45) is 17.6 Å². The quantitative estimate of drug-likeness (QED) is 0.409. The van der Waals surface area contributed by atoms with Crippen LogP contribution in [0.2, 0.25) is 0 Å². The Kier molecular flexibility index (Phi) is 10.5. The summed E-state index contributed by atoms with van der Waals surface area (Å²) < 4.78 is 0. The summed E-state index contributed by atoms with van der Waals surface area (Å²) in [5.74, 6) is 1.51. The topological polar surface area (TPSA) is 49.6 Å². The van der Waals surface area contributed by atoms with E-state index in [1.807, 2.05) is 4.90 Å². The highest BCUT2D eigenvalue weighted by Gasteiger charge is 2.29. The minimum absolute atomic E-state index is 0.130. The molecule has 4 nitrogen and oxygen atoms in total. The lowest BCUT2D eigenvalue weighted by Crippen LogP contribution is -2.51. The maximum absolute atomic E-state index is 12.8.